The summed E-state index contributed by atoms with van der Waals surface area (Å²) in [7, 11) is 0. The van der Waals surface area contributed by atoms with Gasteiger partial charge in [-0.1, -0.05) is 37.6 Å². The number of amidine groups is 1. The number of carboxylic acid groups (broad SMARTS) is 2. The van der Waals surface area contributed by atoms with E-state index in [1.54, 1.807) is 42.5 Å². The molecule has 2 aromatic carbocycles. The molecule has 0 radical (unpaired) electrons. The number of alkyl halides is 6. The van der Waals surface area contributed by atoms with Gasteiger partial charge in [0.25, 0.3) is 11.5 Å². The quantitative estimate of drug-likeness (QED) is 0.0434. The summed E-state index contributed by atoms with van der Waals surface area (Å²) in [5.74, 6) is -6.10. The molecule has 21 heteroatoms. The summed E-state index contributed by atoms with van der Waals surface area (Å²) < 4.78 is 64.8. The number of anilines is 2. The third-order valence-corrected chi connectivity index (χ3v) is 6.35. The maximum Gasteiger partial charge on any atom is 0.490 e. The van der Waals surface area contributed by atoms with Gasteiger partial charge in [-0.3, -0.25) is 24.4 Å². The van der Waals surface area contributed by atoms with Crippen LogP contribution >= 0.6 is 0 Å². The number of carboxylic acids is 2. The molecule has 0 aliphatic heterocycles. The molecule has 290 valence electrons. The predicted octanol–water partition coefficient (Wildman–Crippen LogP) is 3.71. The van der Waals surface area contributed by atoms with Crippen LogP contribution in [0.4, 0.5) is 37.8 Å². The molecule has 1 heterocycles. The molecule has 0 spiro atoms. The molecule has 0 unspecified atom stereocenters. The van der Waals surface area contributed by atoms with Crippen molar-refractivity contribution in [1.82, 2.24) is 20.2 Å². The molecule has 0 bridgehead atoms. The number of benzene rings is 2. The van der Waals surface area contributed by atoms with Gasteiger partial charge in [0.1, 0.15) is 12.4 Å². The number of nitrogens with two attached hydrogens (primary N) is 2. The number of aliphatic carboxylic acids is 2. The second kappa shape index (κ2) is 20.0. The third-order valence-electron chi connectivity index (χ3n) is 6.35. The van der Waals surface area contributed by atoms with Crippen molar-refractivity contribution in [3.05, 3.63) is 75.7 Å². The van der Waals surface area contributed by atoms with Gasteiger partial charge >= 0.3 is 24.3 Å². The number of halogens is 6. The smallest absolute Gasteiger partial charge is 0.475 e. The zero-order valence-electron chi connectivity index (χ0n) is 28.5. The normalized spacial score (nSPS) is 10.9. The first-order chi connectivity index (χ1) is 24.5. The Balaban J connectivity index is 0.000000845. The Morgan fingerprint density at radius 1 is 0.925 bits per heavy atom. The molecular weight excluding hydrogens is 722 g/mol. The highest BCUT2D eigenvalue weighted by Crippen LogP contribution is 2.24. The Morgan fingerprint density at radius 2 is 1.47 bits per heavy atom. The summed E-state index contributed by atoms with van der Waals surface area (Å²) in [6.45, 7) is 6.29. The van der Waals surface area contributed by atoms with Gasteiger partial charge in [-0.15, -0.1) is 0 Å². The highest BCUT2D eigenvalue weighted by molar-refractivity contribution is 5.96. The van der Waals surface area contributed by atoms with Gasteiger partial charge in [0.15, 0.2) is 5.82 Å². The minimum absolute atomic E-state index is 0.0378. The molecule has 2 amide bonds. The van der Waals surface area contributed by atoms with Crippen LogP contribution in [0.25, 0.3) is 11.3 Å². The number of aromatic nitrogens is 2. The Morgan fingerprint density at radius 3 is 1.94 bits per heavy atom. The molecule has 53 heavy (non-hydrogen) atoms. The standard InChI is InChI=1S/C28H36N8O3.2C2HF3O2/c1-4-5-10-32-27(38)21-11-20(12-22(29)13-21)23-15-34-26(35-17(2)3)28(39)36(23)16-24(37)33-14-18-6-8-19(9-7-18)25(30)31;2*3-2(4,5)1(6)7/h6-9,11-13,15,17H,4-5,10,14,16,29H2,1-3H3,(H3,30,31)(H,32,38)(H,33,37)(H,34,35);2*(H,6,7). The second-order valence-electron chi connectivity index (χ2n) is 11.1. The maximum atomic E-state index is 13.4. The number of nitrogens with zero attached hydrogens (tertiary/aromatic N) is 2. The van der Waals surface area contributed by atoms with E-state index in [0.29, 0.717) is 34.6 Å². The van der Waals surface area contributed by atoms with Crippen LogP contribution in [-0.4, -0.2) is 74.3 Å². The lowest BCUT2D eigenvalue weighted by Crippen LogP contribution is -2.35. The van der Waals surface area contributed by atoms with Crippen molar-refractivity contribution < 1.29 is 55.7 Å². The lowest BCUT2D eigenvalue weighted by molar-refractivity contribution is -0.193. The van der Waals surface area contributed by atoms with E-state index in [0.717, 1.165) is 18.4 Å². The molecule has 3 rings (SSSR count). The second-order valence-corrected chi connectivity index (χ2v) is 11.1. The number of hydrogen-bond acceptors (Lipinski definition) is 9. The van der Waals surface area contributed by atoms with Gasteiger partial charge in [0.05, 0.1) is 11.9 Å². The van der Waals surface area contributed by atoms with Crippen molar-refractivity contribution in [1.29, 1.82) is 5.41 Å². The van der Waals surface area contributed by atoms with E-state index in [4.69, 9.17) is 36.7 Å². The molecule has 0 saturated carbocycles. The molecule has 15 nitrogen and oxygen atoms in total. The zero-order chi connectivity index (χ0) is 40.7. The van der Waals surface area contributed by atoms with Gasteiger partial charge in [0, 0.05) is 41.5 Å². The zero-order valence-corrected chi connectivity index (χ0v) is 28.5. The van der Waals surface area contributed by atoms with E-state index in [9.17, 15) is 40.7 Å². The van der Waals surface area contributed by atoms with Crippen molar-refractivity contribution >= 4 is 41.1 Å². The van der Waals surface area contributed by atoms with Crippen LogP contribution in [0.5, 0.6) is 0 Å². The van der Waals surface area contributed by atoms with Crippen molar-refractivity contribution in [2.24, 2.45) is 5.73 Å². The van der Waals surface area contributed by atoms with Crippen LogP contribution in [-0.2, 0) is 27.5 Å². The van der Waals surface area contributed by atoms with E-state index < -0.39 is 35.8 Å². The van der Waals surface area contributed by atoms with Crippen LogP contribution in [0.3, 0.4) is 0 Å². The molecule has 3 aromatic rings. The van der Waals surface area contributed by atoms with Crippen molar-refractivity contribution in [3.8, 4) is 11.3 Å². The summed E-state index contributed by atoms with van der Waals surface area (Å²) in [4.78, 5) is 61.2. The monoisotopic (exact) mass is 760 g/mol. The molecule has 1 aromatic heterocycles. The molecule has 0 aliphatic rings. The Labute approximate surface area is 297 Å². The number of nitrogen functional groups attached to an aromatic ring is 2. The molecular formula is C32H38F6N8O7. The third kappa shape index (κ3) is 15.7. The summed E-state index contributed by atoms with van der Waals surface area (Å²) >= 11 is 0. The summed E-state index contributed by atoms with van der Waals surface area (Å²) in [5, 5.41) is 30.4. The fourth-order valence-corrected chi connectivity index (χ4v) is 3.86. The Bertz CT molecular complexity index is 1790. The number of carbonyl (C=O) groups excluding carboxylic acids is 2. The van der Waals surface area contributed by atoms with E-state index in [1.807, 2.05) is 20.8 Å². The average molecular weight is 761 g/mol. The number of amides is 2. The fourth-order valence-electron chi connectivity index (χ4n) is 3.86. The summed E-state index contributed by atoms with van der Waals surface area (Å²) in [6, 6.07) is 11.7. The Hall–Kier alpha value is -6.15. The molecule has 0 aliphatic carbocycles. The van der Waals surface area contributed by atoms with Crippen LogP contribution in [0.1, 0.15) is 55.1 Å². The number of nitrogens with one attached hydrogen (secondary N) is 4. The van der Waals surface area contributed by atoms with E-state index in [-0.39, 0.29) is 36.7 Å². The largest absolute Gasteiger partial charge is 0.490 e. The van der Waals surface area contributed by atoms with Crippen LogP contribution < -0.4 is 33.0 Å². The van der Waals surface area contributed by atoms with Crippen molar-refractivity contribution in [2.45, 2.75) is 65.1 Å². The summed E-state index contributed by atoms with van der Waals surface area (Å²) in [5.41, 5.74) is 14.1. The van der Waals surface area contributed by atoms with Gasteiger partial charge in [-0.2, -0.15) is 26.3 Å². The minimum atomic E-state index is -5.08. The minimum Gasteiger partial charge on any atom is -0.475 e. The topological polar surface area (TPSA) is 256 Å². The van der Waals surface area contributed by atoms with Gasteiger partial charge in [-0.25, -0.2) is 14.6 Å². The van der Waals surface area contributed by atoms with E-state index in [1.165, 1.54) is 10.8 Å². The highest BCUT2D eigenvalue weighted by atomic mass is 19.4. The number of rotatable bonds is 12. The molecule has 0 atom stereocenters. The lowest BCUT2D eigenvalue weighted by Gasteiger charge is -2.17. The van der Waals surface area contributed by atoms with Crippen LogP contribution in [0.2, 0.25) is 0 Å². The SMILES string of the molecule is CCCCNC(=O)c1cc(N)cc(-c2cnc(NC(C)C)c(=O)n2CC(=O)NCc2ccc(C(=N)N)cc2)c1.O=C(O)C(F)(F)F.O=C(O)C(F)(F)F. The number of carbonyl (C=O) groups is 4. The highest BCUT2D eigenvalue weighted by Gasteiger charge is 2.38. The maximum absolute atomic E-state index is 13.4. The lowest BCUT2D eigenvalue weighted by atomic mass is 10.1. The molecule has 10 N–H and O–H groups in total. The van der Waals surface area contributed by atoms with Gasteiger partial charge in [-0.05, 0) is 44.0 Å². The average Bonchev–Trinajstić information content (AvgIpc) is 3.05. The van der Waals surface area contributed by atoms with Crippen LogP contribution in [0.15, 0.2) is 53.5 Å². The van der Waals surface area contributed by atoms with Gasteiger partial charge < -0.3 is 37.6 Å². The first-order valence-corrected chi connectivity index (χ1v) is 15.3. The van der Waals surface area contributed by atoms with Crippen molar-refractivity contribution in [2.75, 3.05) is 17.6 Å². The van der Waals surface area contributed by atoms with Crippen LogP contribution in [0, 0.1) is 5.41 Å². The first-order valence-electron chi connectivity index (χ1n) is 15.3. The Kier molecular flexibility index (Phi) is 17.0. The van der Waals surface area contributed by atoms with E-state index in [2.05, 4.69) is 20.9 Å². The number of hydrogen-bond donors (Lipinski definition) is 8. The van der Waals surface area contributed by atoms with Crippen molar-refractivity contribution in [3.63, 3.8) is 0 Å². The first kappa shape index (κ1) is 44.9. The molecule has 0 fully saturated rings. The summed E-state index contributed by atoms with van der Waals surface area (Å²) in [6.07, 6.45) is -6.87. The van der Waals surface area contributed by atoms with Gasteiger partial charge in [0.2, 0.25) is 5.91 Å². The fraction of sp³-hybridized carbons (Fsp3) is 0.344. The number of unbranched alkanes of at least 4 members (excludes halogenated alkanes) is 1. The molecule has 0 saturated heterocycles. The predicted molar refractivity (Wildman–Crippen MR) is 181 cm³/mol. The van der Waals surface area contributed by atoms with E-state index >= 15 is 0 Å².